The number of nitrogens with one attached hydrogen (secondary N) is 3. The van der Waals surface area contributed by atoms with Crippen LogP contribution in [0, 0.1) is 13.8 Å². The molecule has 1 fully saturated rings. The van der Waals surface area contributed by atoms with Crippen molar-refractivity contribution in [2.24, 2.45) is 5.73 Å². The van der Waals surface area contributed by atoms with Crippen molar-refractivity contribution >= 4 is 22.9 Å². The van der Waals surface area contributed by atoms with Crippen molar-refractivity contribution in [3.05, 3.63) is 65.0 Å². The molecule has 0 spiro atoms. The molecule has 3 unspecified atom stereocenters. The van der Waals surface area contributed by atoms with Gasteiger partial charge in [0.05, 0.1) is 18.1 Å². The van der Waals surface area contributed by atoms with Gasteiger partial charge < -0.3 is 31.2 Å². The molecule has 192 valence electrons. The minimum Gasteiger partial charge on any atom is -0.438 e. The molecule has 1 aliphatic rings. The van der Waals surface area contributed by atoms with E-state index in [1.807, 2.05) is 56.3 Å². The van der Waals surface area contributed by atoms with Crippen LogP contribution in [-0.4, -0.2) is 52.6 Å². The van der Waals surface area contributed by atoms with E-state index in [1.54, 1.807) is 6.92 Å². The molecule has 0 aliphatic carbocycles. The van der Waals surface area contributed by atoms with Crippen molar-refractivity contribution in [2.75, 3.05) is 6.54 Å². The molecule has 0 radical (unpaired) electrons. The van der Waals surface area contributed by atoms with Crippen LogP contribution in [0.3, 0.4) is 0 Å². The number of oxazole rings is 1. The molecule has 4 rings (SSSR count). The second kappa shape index (κ2) is 11.2. The highest BCUT2D eigenvalue weighted by atomic mass is 16.4. The van der Waals surface area contributed by atoms with Crippen molar-refractivity contribution in [3.8, 4) is 0 Å². The SMILES string of the molecule is Cc1cc2nc(C(O)C(CCc3ccccc3)NC(=O)[C@@H]3C[C@@H](NC(=O)C(C)N)CN3)oc2cc1C. The molecule has 2 amide bonds. The summed E-state index contributed by atoms with van der Waals surface area (Å²) >= 11 is 0. The average Bonchev–Trinajstić information content (AvgIpc) is 3.49. The monoisotopic (exact) mass is 493 g/mol. The third-order valence-corrected chi connectivity index (χ3v) is 6.78. The van der Waals surface area contributed by atoms with Crippen molar-refractivity contribution in [3.63, 3.8) is 0 Å². The lowest BCUT2D eigenvalue weighted by Crippen LogP contribution is -2.47. The van der Waals surface area contributed by atoms with Crippen LogP contribution in [0.2, 0.25) is 0 Å². The summed E-state index contributed by atoms with van der Waals surface area (Å²) in [6.07, 6.45) is 0.464. The first-order chi connectivity index (χ1) is 17.2. The number of hydrogen-bond acceptors (Lipinski definition) is 7. The second-order valence-electron chi connectivity index (χ2n) is 9.73. The van der Waals surface area contributed by atoms with Crippen molar-refractivity contribution in [1.29, 1.82) is 0 Å². The van der Waals surface area contributed by atoms with Crippen LogP contribution in [0.5, 0.6) is 0 Å². The number of aromatic nitrogens is 1. The number of amides is 2. The van der Waals surface area contributed by atoms with Crippen molar-refractivity contribution in [2.45, 2.75) is 70.3 Å². The summed E-state index contributed by atoms with van der Waals surface area (Å²) in [4.78, 5) is 29.6. The number of aryl methyl sites for hydroxylation is 3. The fourth-order valence-electron chi connectivity index (χ4n) is 4.43. The maximum Gasteiger partial charge on any atom is 0.237 e. The third-order valence-electron chi connectivity index (χ3n) is 6.78. The lowest BCUT2D eigenvalue weighted by Gasteiger charge is -2.24. The van der Waals surface area contributed by atoms with E-state index in [-0.39, 0.29) is 23.7 Å². The quantitative estimate of drug-likeness (QED) is 0.306. The van der Waals surface area contributed by atoms with Gasteiger partial charge in [-0.25, -0.2) is 4.98 Å². The number of nitrogens with zero attached hydrogens (tertiary/aromatic N) is 1. The highest BCUT2D eigenvalue weighted by Gasteiger charge is 2.34. The average molecular weight is 494 g/mol. The molecule has 9 nitrogen and oxygen atoms in total. The number of rotatable bonds is 9. The Balaban J connectivity index is 1.48. The molecule has 3 aromatic rings. The van der Waals surface area contributed by atoms with E-state index in [1.165, 1.54) is 0 Å². The van der Waals surface area contributed by atoms with Gasteiger partial charge in [0, 0.05) is 12.6 Å². The molecule has 0 saturated carbocycles. The number of benzene rings is 2. The molecule has 36 heavy (non-hydrogen) atoms. The van der Waals surface area contributed by atoms with Gasteiger partial charge in [-0.15, -0.1) is 0 Å². The Morgan fingerprint density at radius 2 is 1.94 bits per heavy atom. The molecule has 1 aliphatic heterocycles. The Labute approximate surface area is 210 Å². The first-order valence-electron chi connectivity index (χ1n) is 12.4. The Bertz CT molecular complexity index is 1170. The maximum atomic E-state index is 13.2. The van der Waals surface area contributed by atoms with Crippen LogP contribution in [0.4, 0.5) is 0 Å². The number of nitrogens with two attached hydrogens (primary N) is 1. The predicted octanol–water partition coefficient (Wildman–Crippen LogP) is 1.79. The van der Waals surface area contributed by atoms with Crippen molar-refractivity contribution in [1.82, 2.24) is 20.9 Å². The number of carbonyl (C=O) groups excluding carboxylic acids is 2. The molecule has 2 heterocycles. The Hall–Kier alpha value is -3.27. The van der Waals surface area contributed by atoms with Crippen LogP contribution in [0.15, 0.2) is 46.9 Å². The lowest BCUT2D eigenvalue weighted by atomic mass is 10.00. The first-order valence-corrected chi connectivity index (χ1v) is 12.4. The summed E-state index contributed by atoms with van der Waals surface area (Å²) in [5, 5.41) is 20.3. The molecular formula is C27H35N5O4. The summed E-state index contributed by atoms with van der Waals surface area (Å²) in [6.45, 7) is 6.09. The van der Waals surface area contributed by atoms with Gasteiger partial charge in [-0.2, -0.15) is 0 Å². The van der Waals surface area contributed by atoms with E-state index in [9.17, 15) is 14.7 Å². The molecular weight excluding hydrogens is 458 g/mol. The number of fused-ring (bicyclic) bond motifs is 1. The van der Waals surface area contributed by atoms with Gasteiger partial charge in [0.15, 0.2) is 11.7 Å². The Morgan fingerprint density at radius 1 is 1.22 bits per heavy atom. The predicted molar refractivity (Wildman–Crippen MR) is 137 cm³/mol. The van der Waals surface area contributed by atoms with E-state index in [0.29, 0.717) is 36.9 Å². The standard InChI is InChI=1S/C27H35N5O4/c1-15-11-21-23(12-16(15)2)36-27(32-21)24(33)20(10-9-18-7-5-4-6-8-18)31-26(35)22-13-19(14-29-22)30-25(34)17(3)28/h4-8,11-12,17,19-20,22,24,29,33H,9-10,13-14,28H2,1-3H3,(H,30,34)(H,31,35)/t17?,19-,20?,22+,24?/m1/s1. The number of aliphatic hydroxyl groups excluding tert-OH is 1. The molecule has 0 bridgehead atoms. The van der Waals surface area contributed by atoms with E-state index in [0.717, 1.165) is 16.7 Å². The third kappa shape index (κ3) is 6.10. The molecule has 1 aromatic heterocycles. The van der Waals surface area contributed by atoms with Gasteiger partial charge in [0.1, 0.15) is 5.52 Å². The highest BCUT2D eigenvalue weighted by molar-refractivity contribution is 5.84. The zero-order chi connectivity index (χ0) is 25.8. The minimum absolute atomic E-state index is 0.176. The van der Waals surface area contributed by atoms with Crippen LogP contribution < -0.4 is 21.7 Å². The summed E-state index contributed by atoms with van der Waals surface area (Å²) in [6, 6.07) is 11.8. The smallest absolute Gasteiger partial charge is 0.237 e. The summed E-state index contributed by atoms with van der Waals surface area (Å²) < 4.78 is 5.90. The van der Waals surface area contributed by atoms with Crippen LogP contribution in [0.1, 0.15) is 48.5 Å². The Kier molecular flexibility index (Phi) is 8.03. The summed E-state index contributed by atoms with van der Waals surface area (Å²) in [5.74, 6) is -0.317. The van der Waals surface area contributed by atoms with Crippen LogP contribution in [0.25, 0.3) is 11.1 Å². The summed E-state index contributed by atoms with van der Waals surface area (Å²) in [5.41, 5.74) is 10.2. The summed E-state index contributed by atoms with van der Waals surface area (Å²) in [7, 11) is 0. The number of aliphatic hydroxyl groups is 1. The second-order valence-corrected chi connectivity index (χ2v) is 9.73. The minimum atomic E-state index is -1.12. The molecule has 5 atom stereocenters. The molecule has 9 heteroatoms. The van der Waals surface area contributed by atoms with Crippen LogP contribution in [-0.2, 0) is 16.0 Å². The zero-order valence-electron chi connectivity index (χ0n) is 21.0. The van der Waals surface area contributed by atoms with E-state index < -0.39 is 24.2 Å². The maximum absolute atomic E-state index is 13.2. The topological polar surface area (TPSA) is 143 Å². The largest absolute Gasteiger partial charge is 0.438 e. The van der Waals surface area contributed by atoms with Gasteiger partial charge in [-0.05, 0) is 68.9 Å². The molecule has 1 saturated heterocycles. The van der Waals surface area contributed by atoms with Crippen molar-refractivity contribution < 1.29 is 19.1 Å². The van der Waals surface area contributed by atoms with E-state index in [4.69, 9.17) is 10.2 Å². The van der Waals surface area contributed by atoms with Gasteiger partial charge in [-0.3, -0.25) is 9.59 Å². The van der Waals surface area contributed by atoms with Gasteiger partial charge in [-0.1, -0.05) is 30.3 Å². The fourth-order valence-corrected chi connectivity index (χ4v) is 4.43. The molecule has 6 N–H and O–H groups in total. The normalized spacial score (nSPS) is 20.1. The first kappa shape index (κ1) is 25.8. The van der Waals surface area contributed by atoms with E-state index >= 15 is 0 Å². The number of hydrogen-bond donors (Lipinski definition) is 5. The molecule has 2 aromatic carbocycles. The van der Waals surface area contributed by atoms with Gasteiger partial charge in [0.25, 0.3) is 0 Å². The van der Waals surface area contributed by atoms with Crippen LogP contribution >= 0.6 is 0 Å². The van der Waals surface area contributed by atoms with Gasteiger partial charge >= 0.3 is 0 Å². The zero-order valence-corrected chi connectivity index (χ0v) is 21.0. The van der Waals surface area contributed by atoms with Gasteiger partial charge in [0.2, 0.25) is 17.7 Å². The van der Waals surface area contributed by atoms with E-state index in [2.05, 4.69) is 20.9 Å². The number of carbonyl (C=O) groups is 2. The Morgan fingerprint density at radius 3 is 2.67 bits per heavy atom. The lowest BCUT2D eigenvalue weighted by molar-refractivity contribution is -0.125. The highest BCUT2D eigenvalue weighted by Crippen LogP contribution is 2.26. The fraction of sp³-hybridized carbons (Fsp3) is 0.444.